The number of amides is 1. The topological polar surface area (TPSA) is 128 Å². The van der Waals surface area contributed by atoms with Gasteiger partial charge in [0.05, 0.1) is 60.5 Å². The Kier molecular flexibility index (Phi) is 7.07. The summed E-state index contributed by atoms with van der Waals surface area (Å²) in [7, 11) is 1.46. The zero-order valence-corrected chi connectivity index (χ0v) is 19.7. The molecule has 2 aliphatic heterocycles. The summed E-state index contributed by atoms with van der Waals surface area (Å²) in [6.45, 7) is 1.17. The summed E-state index contributed by atoms with van der Waals surface area (Å²) in [6, 6.07) is 7.05. The van der Waals surface area contributed by atoms with E-state index in [0.29, 0.717) is 42.7 Å². The molecule has 3 N–H and O–H groups in total. The Hall–Kier alpha value is -2.90. The molecule has 0 bridgehead atoms. The predicted molar refractivity (Wildman–Crippen MR) is 126 cm³/mol. The molecule has 3 aromatic rings. The van der Waals surface area contributed by atoms with E-state index in [1.807, 2.05) is 12.1 Å². The molecule has 1 fully saturated rings. The maximum Gasteiger partial charge on any atom is 0.235 e. The first kappa shape index (κ1) is 23.8. The molecular formula is C23H24FN5O5S. The number of aromatic nitrogens is 3. The fraction of sp³-hybridized carbons (Fsp3) is 0.391. The molecule has 0 spiro atoms. The highest BCUT2D eigenvalue weighted by Gasteiger charge is 2.28. The second-order valence-electron chi connectivity index (χ2n) is 8.15. The van der Waals surface area contributed by atoms with Crippen LogP contribution in [0.25, 0.3) is 11.0 Å². The van der Waals surface area contributed by atoms with Gasteiger partial charge in [-0.2, -0.15) is 0 Å². The summed E-state index contributed by atoms with van der Waals surface area (Å²) in [5, 5.41) is 16.9. The molecular weight excluding hydrogens is 477 g/mol. The normalized spacial score (nSPS) is 20.8. The van der Waals surface area contributed by atoms with Crippen molar-refractivity contribution in [1.29, 1.82) is 0 Å². The minimum Gasteiger partial charge on any atom is -0.481 e. The van der Waals surface area contributed by atoms with Gasteiger partial charge in [0.1, 0.15) is 17.2 Å². The summed E-state index contributed by atoms with van der Waals surface area (Å²) in [5.41, 5.74) is 1.50. The summed E-state index contributed by atoms with van der Waals surface area (Å²) in [4.78, 5) is 25.3. The quantitative estimate of drug-likeness (QED) is 0.443. The first-order valence-electron chi connectivity index (χ1n) is 11.1. The van der Waals surface area contributed by atoms with Crippen molar-refractivity contribution in [2.24, 2.45) is 0 Å². The molecule has 10 nitrogen and oxygen atoms in total. The van der Waals surface area contributed by atoms with Crippen LogP contribution < -0.4 is 15.4 Å². The molecule has 1 atom stereocenters. The number of anilines is 1. The maximum atomic E-state index is 14.6. The number of carbonyl (C=O) groups is 1. The van der Waals surface area contributed by atoms with Gasteiger partial charge < -0.3 is 30.0 Å². The van der Waals surface area contributed by atoms with Crippen LogP contribution >= 0.6 is 11.8 Å². The van der Waals surface area contributed by atoms with Crippen molar-refractivity contribution in [2.75, 3.05) is 31.4 Å². The molecule has 0 aromatic carbocycles. The molecule has 0 saturated carbocycles. The largest absolute Gasteiger partial charge is 0.481 e. The van der Waals surface area contributed by atoms with Crippen LogP contribution in [-0.4, -0.2) is 64.4 Å². The summed E-state index contributed by atoms with van der Waals surface area (Å²) in [5.74, 6) is 0.559. The predicted octanol–water partition coefficient (Wildman–Crippen LogP) is 2.17. The van der Waals surface area contributed by atoms with Gasteiger partial charge in [0.25, 0.3) is 0 Å². The van der Waals surface area contributed by atoms with Gasteiger partial charge in [0.2, 0.25) is 11.8 Å². The molecule has 12 heteroatoms. The van der Waals surface area contributed by atoms with E-state index in [1.54, 1.807) is 12.1 Å². The minimum absolute atomic E-state index is 0.0325. The molecule has 35 heavy (non-hydrogen) atoms. The Labute approximate surface area is 204 Å². The number of ether oxygens (including phenoxy) is 3. The Morgan fingerprint density at radius 2 is 2.11 bits per heavy atom. The smallest absolute Gasteiger partial charge is 0.235 e. The summed E-state index contributed by atoms with van der Waals surface area (Å²) >= 11 is 1.47. The van der Waals surface area contributed by atoms with E-state index >= 15 is 0 Å². The molecule has 5 rings (SSSR count). The summed E-state index contributed by atoms with van der Waals surface area (Å²) < 4.78 is 31.2. The van der Waals surface area contributed by atoms with Crippen molar-refractivity contribution in [3.8, 4) is 5.88 Å². The number of aliphatic hydroxyl groups is 1. The number of carbonyl (C=O) groups excluding carboxylic acids is 1. The van der Waals surface area contributed by atoms with E-state index in [-0.39, 0.29) is 29.4 Å². The van der Waals surface area contributed by atoms with Gasteiger partial charge in [-0.3, -0.25) is 9.78 Å². The molecule has 1 saturated heterocycles. The number of halogens is 1. The molecule has 1 amide bonds. The van der Waals surface area contributed by atoms with Crippen LogP contribution in [0.2, 0.25) is 0 Å². The number of hydrogen-bond donors (Lipinski definition) is 3. The van der Waals surface area contributed by atoms with Crippen LogP contribution in [0.3, 0.4) is 0 Å². The Morgan fingerprint density at radius 1 is 1.29 bits per heavy atom. The number of hydrogen-bond acceptors (Lipinski definition) is 10. The standard InChI is InChI=1S/C23H24FN5O5S/c1-32-19-5-3-15-22(29-19)21(14(24)8-26-15)16(30)6-20-33-9-13(10-34-20)25-7-12-2-4-17-23(27-12)28-18(31)11-35-17/h2-5,8,13,16,20,25,30H,6-7,9-11H2,1H3,(H,27,28,31). The number of methoxy groups -OCH3 is 1. The fourth-order valence-electron chi connectivity index (χ4n) is 3.92. The van der Waals surface area contributed by atoms with Crippen molar-refractivity contribution >= 4 is 34.5 Å². The van der Waals surface area contributed by atoms with Crippen LogP contribution in [-0.2, 0) is 20.8 Å². The van der Waals surface area contributed by atoms with Crippen molar-refractivity contribution < 1.29 is 28.5 Å². The number of pyridine rings is 3. The molecule has 184 valence electrons. The van der Waals surface area contributed by atoms with E-state index in [9.17, 15) is 14.3 Å². The average molecular weight is 502 g/mol. The third-order valence-corrected chi connectivity index (χ3v) is 6.75. The van der Waals surface area contributed by atoms with Gasteiger partial charge >= 0.3 is 0 Å². The third kappa shape index (κ3) is 5.36. The zero-order chi connectivity index (χ0) is 24.4. The summed E-state index contributed by atoms with van der Waals surface area (Å²) in [6.07, 6.45) is -0.810. The monoisotopic (exact) mass is 501 g/mol. The van der Waals surface area contributed by atoms with Gasteiger partial charge in [0.15, 0.2) is 6.29 Å². The van der Waals surface area contributed by atoms with Crippen molar-refractivity contribution in [3.63, 3.8) is 0 Å². The minimum atomic E-state index is -1.21. The number of nitrogens with one attached hydrogen (secondary N) is 2. The number of nitrogens with zero attached hydrogens (tertiary/aromatic N) is 3. The van der Waals surface area contributed by atoms with Crippen molar-refractivity contribution in [2.45, 2.75) is 36.3 Å². The van der Waals surface area contributed by atoms with E-state index in [1.165, 1.54) is 18.9 Å². The van der Waals surface area contributed by atoms with Crippen LogP contribution in [0, 0.1) is 5.82 Å². The van der Waals surface area contributed by atoms with Gasteiger partial charge in [-0.25, -0.2) is 14.4 Å². The SMILES string of the molecule is COc1ccc2ncc(F)c(C(O)CC3OCC(NCc4ccc5c(n4)NC(=O)CS5)CO3)c2n1. The lowest BCUT2D eigenvalue weighted by molar-refractivity contribution is -0.202. The highest BCUT2D eigenvalue weighted by molar-refractivity contribution is 8.00. The van der Waals surface area contributed by atoms with Gasteiger partial charge in [0, 0.05) is 24.6 Å². The molecule has 2 aliphatic rings. The maximum absolute atomic E-state index is 14.6. The number of thioether (sulfide) groups is 1. The second kappa shape index (κ2) is 10.4. The Bertz CT molecular complexity index is 1240. The van der Waals surface area contributed by atoms with E-state index < -0.39 is 18.2 Å². The zero-order valence-electron chi connectivity index (χ0n) is 18.9. The Balaban J connectivity index is 1.16. The van der Waals surface area contributed by atoms with E-state index in [2.05, 4.69) is 25.6 Å². The van der Waals surface area contributed by atoms with Crippen molar-refractivity contribution in [3.05, 3.63) is 47.5 Å². The van der Waals surface area contributed by atoms with Gasteiger partial charge in [-0.15, -0.1) is 11.8 Å². The number of fused-ring (bicyclic) bond motifs is 2. The van der Waals surface area contributed by atoms with Crippen LogP contribution in [0.4, 0.5) is 10.2 Å². The first-order chi connectivity index (χ1) is 17.0. The molecule has 0 radical (unpaired) electrons. The number of rotatable bonds is 7. The fourth-order valence-corrected chi connectivity index (χ4v) is 4.68. The highest BCUT2D eigenvalue weighted by atomic mass is 32.2. The third-order valence-electron chi connectivity index (χ3n) is 5.71. The van der Waals surface area contributed by atoms with Gasteiger partial charge in [-0.05, 0) is 18.2 Å². The van der Waals surface area contributed by atoms with E-state index in [0.717, 1.165) is 16.8 Å². The highest BCUT2D eigenvalue weighted by Crippen LogP contribution is 2.31. The van der Waals surface area contributed by atoms with E-state index in [4.69, 9.17) is 14.2 Å². The molecule has 0 aliphatic carbocycles. The second-order valence-corrected chi connectivity index (χ2v) is 9.17. The molecule has 3 aromatic heterocycles. The molecule has 5 heterocycles. The number of aliphatic hydroxyl groups excluding tert-OH is 1. The first-order valence-corrected chi connectivity index (χ1v) is 12.0. The Morgan fingerprint density at radius 3 is 2.91 bits per heavy atom. The molecule has 1 unspecified atom stereocenters. The lowest BCUT2D eigenvalue weighted by Crippen LogP contribution is -2.44. The van der Waals surface area contributed by atoms with Crippen LogP contribution in [0.1, 0.15) is 23.8 Å². The van der Waals surface area contributed by atoms with Gasteiger partial charge in [-0.1, -0.05) is 0 Å². The average Bonchev–Trinajstić information content (AvgIpc) is 2.87. The van der Waals surface area contributed by atoms with Crippen LogP contribution in [0.15, 0.2) is 35.4 Å². The van der Waals surface area contributed by atoms with Crippen molar-refractivity contribution in [1.82, 2.24) is 20.3 Å². The lowest BCUT2D eigenvalue weighted by atomic mass is 10.0. The van der Waals surface area contributed by atoms with Crippen LogP contribution in [0.5, 0.6) is 5.88 Å². The lowest BCUT2D eigenvalue weighted by Gasteiger charge is -2.31.